The molecule has 9 heteroatoms. The highest BCUT2D eigenvalue weighted by molar-refractivity contribution is 7.97. The van der Waals surface area contributed by atoms with E-state index in [1.54, 1.807) is 18.1 Å². The van der Waals surface area contributed by atoms with E-state index in [9.17, 15) is 4.79 Å². The van der Waals surface area contributed by atoms with Crippen molar-refractivity contribution < 1.29 is 9.53 Å². The van der Waals surface area contributed by atoms with Crippen LogP contribution in [0, 0.1) is 6.92 Å². The minimum atomic E-state index is -0.181. The van der Waals surface area contributed by atoms with Gasteiger partial charge in [-0.15, -0.1) is 0 Å². The molecule has 0 bridgehead atoms. The first-order chi connectivity index (χ1) is 14.1. The number of pyridine rings is 1. The van der Waals surface area contributed by atoms with Gasteiger partial charge in [0.25, 0.3) is 5.91 Å². The molecule has 1 amide bonds. The van der Waals surface area contributed by atoms with E-state index in [0.717, 1.165) is 35.8 Å². The van der Waals surface area contributed by atoms with E-state index in [1.807, 2.05) is 47.6 Å². The molecular formula is C20H22N6O2S. The van der Waals surface area contributed by atoms with Gasteiger partial charge in [0.15, 0.2) is 0 Å². The van der Waals surface area contributed by atoms with Crippen LogP contribution in [-0.4, -0.2) is 42.7 Å². The van der Waals surface area contributed by atoms with Gasteiger partial charge in [0.05, 0.1) is 24.8 Å². The fourth-order valence-electron chi connectivity index (χ4n) is 3.75. The van der Waals surface area contributed by atoms with E-state index < -0.39 is 0 Å². The molecule has 150 valence electrons. The molecule has 3 aromatic rings. The summed E-state index contributed by atoms with van der Waals surface area (Å²) in [4.78, 5) is 18.3. The number of hydrogen-bond acceptors (Lipinski definition) is 6. The van der Waals surface area contributed by atoms with Crippen molar-refractivity contribution in [2.75, 3.05) is 13.2 Å². The number of nitrogens with one attached hydrogen (secondary N) is 1. The summed E-state index contributed by atoms with van der Waals surface area (Å²) in [7, 11) is 1.93. The largest absolute Gasteiger partial charge is 0.475 e. The molecule has 29 heavy (non-hydrogen) atoms. The van der Waals surface area contributed by atoms with Crippen molar-refractivity contribution in [3.05, 3.63) is 59.3 Å². The summed E-state index contributed by atoms with van der Waals surface area (Å²) in [6, 6.07) is 7.65. The number of amides is 1. The Labute approximate surface area is 173 Å². The second-order valence-corrected chi connectivity index (χ2v) is 8.41. The Morgan fingerprint density at radius 1 is 1.31 bits per heavy atom. The zero-order chi connectivity index (χ0) is 20.0. The Morgan fingerprint density at radius 2 is 2.21 bits per heavy atom. The molecule has 5 rings (SSSR count). The average molecular weight is 411 g/mol. The quantitative estimate of drug-likeness (QED) is 0.665. The molecule has 0 spiro atoms. The maximum Gasteiger partial charge on any atom is 0.268 e. The summed E-state index contributed by atoms with van der Waals surface area (Å²) in [5, 5.41) is 7.42. The Balaban J connectivity index is 1.31. The lowest BCUT2D eigenvalue weighted by atomic mass is 10.1. The molecule has 0 fully saturated rings. The fraction of sp³-hybridized carbons (Fsp3) is 0.350. The van der Waals surface area contributed by atoms with Gasteiger partial charge in [-0.3, -0.25) is 9.48 Å². The summed E-state index contributed by atoms with van der Waals surface area (Å²) in [5.74, 6) is 0.492. The number of hydrogen-bond donors (Lipinski definition) is 1. The van der Waals surface area contributed by atoms with Crippen molar-refractivity contribution >= 4 is 17.9 Å². The summed E-state index contributed by atoms with van der Waals surface area (Å²) < 4.78 is 11.9. The molecular weight excluding hydrogens is 388 g/mol. The summed E-state index contributed by atoms with van der Waals surface area (Å²) >= 11 is 1.70. The third-order valence-corrected chi connectivity index (χ3v) is 6.70. The number of nitrogens with zero attached hydrogens (tertiary/aromatic N) is 5. The molecule has 8 nitrogen and oxygen atoms in total. The van der Waals surface area contributed by atoms with Crippen LogP contribution in [0.1, 0.15) is 33.5 Å². The summed E-state index contributed by atoms with van der Waals surface area (Å²) in [6.45, 7) is 5.08. The van der Waals surface area contributed by atoms with E-state index in [0.29, 0.717) is 18.2 Å². The molecule has 0 saturated heterocycles. The van der Waals surface area contributed by atoms with Gasteiger partial charge in [-0.1, -0.05) is 0 Å². The van der Waals surface area contributed by atoms with E-state index in [-0.39, 0.29) is 11.9 Å². The van der Waals surface area contributed by atoms with Crippen LogP contribution in [0.15, 0.2) is 41.6 Å². The van der Waals surface area contributed by atoms with Crippen molar-refractivity contribution in [2.24, 2.45) is 7.05 Å². The second-order valence-electron chi connectivity index (χ2n) is 7.27. The lowest BCUT2D eigenvalue weighted by Gasteiger charge is -2.26. The highest BCUT2D eigenvalue weighted by Gasteiger charge is 2.28. The van der Waals surface area contributed by atoms with Crippen LogP contribution in [0.5, 0.6) is 5.88 Å². The van der Waals surface area contributed by atoms with E-state index in [1.165, 1.54) is 5.69 Å². The Hall–Kier alpha value is -2.78. The van der Waals surface area contributed by atoms with Crippen LogP contribution in [0.25, 0.3) is 0 Å². The molecule has 2 aliphatic heterocycles. The van der Waals surface area contributed by atoms with Crippen LogP contribution in [0.4, 0.5) is 0 Å². The highest BCUT2D eigenvalue weighted by Crippen LogP contribution is 2.32. The second kappa shape index (κ2) is 7.23. The molecule has 5 heterocycles. The summed E-state index contributed by atoms with van der Waals surface area (Å²) in [5.41, 5.74) is 3.85. The van der Waals surface area contributed by atoms with E-state index in [2.05, 4.69) is 25.8 Å². The first-order valence-corrected chi connectivity index (χ1v) is 10.4. The van der Waals surface area contributed by atoms with E-state index in [4.69, 9.17) is 4.74 Å². The van der Waals surface area contributed by atoms with Gasteiger partial charge in [-0.25, -0.2) is 9.29 Å². The topological polar surface area (TPSA) is 77.2 Å². The number of aromatic nitrogens is 4. The number of ether oxygens (including phenoxy) is 1. The van der Waals surface area contributed by atoms with Gasteiger partial charge in [-0.2, -0.15) is 5.10 Å². The van der Waals surface area contributed by atoms with Crippen LogP contribution >= 0.6 is 11.9 Å². The van der Waals surface area contributed by atoms with Crippen molar-refractivity contribution in [2.45, 2.75) is 31.0 Å². The molecule has 1 unspecified atom stereocenters. The van der Waals surface area contributed by atoms with Crippen LogP contribution in [0.3, 0.4) is 0 Å². The normalized spacial score (nSPS) is 18.2. The predicted octanol–water partition coefficient (Wildman–Crippen LogP) is 2.31. The average Bonchev–Trinajstić information content (AvgIpc) is 3.42. The van der Waals surface area contributed by atoms with Crippen LogP contribution in [-0.2, 0) is 20.1 Å². The van der Waals surface area contributed by atoms with Gasteiger partial charge in [-0.05, 0) is 43.1 Å². The zero-order valence-electron chi connectivity index (χ0n) is 16.3. The Morgan fingerprint density at radius 3 is 3.10 bits per heavy atom. The third-order valence-electron chi connectivity index (χ3n) is 5.52. The van der Waals surface area contributed by atoms with Gasteiger partial charge < -0.3 is 14.6 Å². The Bertz CT molecular complexity index is 1070. The fourth-order valence-corrected chi connectivity index (χ4v) is 4.83. The molecule has 0 saturated carbocycles. The maximum atomic E-state index is 13.0. The minimum absolute atomic E-state index is 0.107. The molecule has 1 N–H and O–H groups in total. The maximum absolute atomic E-state index is 13.0. The van der Waals surface area contributed by atoms with Gasteiger partial charge in [0.2, 0.25) is 5.88 Å². The van der Waals surface area contributed by atoms with Crippen molar-refractivity contribution in [3.63, 3.8) is 0 Å². The molecule has 3 aromatic heterocycles. The highest BCUT2D eigenvalue weighted by atomic mass is 32.2. The van der Waals surface area contributed by atoms with Gasteiger partial charge in [0, 0.05) is 42.1 Å². The molecule has 0 radical (unpaired) electrons. The SMILES string of the molecule is Cc1c(SN2CCn3nccc3C2)cc(C(=O)NC2COc3ncccc32)n1C. The molecule has 1 atom stereocenters. The number of rotatable bonds is 4. The van der Waals surface area contributed by atoms with Crippen molar-refractivity contribution in [3.8, 4) is 5.88 Å². The van der Waals surface area contributed by atoms with E-state index >= 15 is 0 Å². The van der Waals surface area contributed by atoms with Crippen molar-refractivity contribution in [1.82, 2.24) is 29.0 Å². The van der Waals surface area contributed by atoms with Crippen LogP contribution < -0.4 is 10.1 Å². The third kappa shape index (κ3) is 3.30. The number of fused-ring (bicyclic) bond motifs is 2. The predicted molar refractivity (Wildman–Crippen MR) is 109 cm³/mol. The van der Waals surface area contributed by atoms with Crippen molar-refractivity contribution in [1.29, 1.82) is 0 Å². The monoisotopic (exact) mass is 410 g/mol. The molecule has 0 aromatic carbocycles. The zero-order valence-corrected chi connectivity index (χ0v) is 17.1. The van der Waals surface area contributed by atoms with Gasteiger partial charge in [0.1, 0.15) is 12.3 Å². The molecule has 0 aliphatic carbocycles. The lowest BCUT2D eigenvalue weighted by Crippen LogP contribution is -2.30. The van der Waals surface area contributed by atoms with Crippen LogP contribution in [0.2, 0.25) is 0 Å². The standard InChI is InChI=1S/C20H22N6O2S/c1-13-18(29-25-8-9-26-14(11-25)5-7-22-26)10-17(24(13)2)19(27)23-16-12-28-20-15(16)4-3-6-21-20/h3-7,10,16H,8-9,11-12H2,1-2H3,(H,23,27). The Kier molecular flexibility index (Phi) is 4.56. The lowest BCUT2D eigenvalue weighted by molar-refractivity contribution is 0.0921. The number of carbonyl (C=O) groups is 1. The first-order valence-electron chi connectivity index (χ1n) is 9.58. The minimum Gasteiger partial charge on any atom is -0.475 e. The summed E-state index contributed by atoms with van der Waals surface area (Å²) in [6.07, 6.45) is 3.54. The van der Waals surface area contributed by atoms with Gasteiger partial charge >= 0.3 is 0 Å². The first kappa shape index (κ1) is 18.3. The molecule has 2 aliphatic rings. The smallest absolute Gasteiger partial charge is 0.268 e. The number of carbonyl (C=O) groups excluding carboxylic acids is 1.